The number of likely N-dealkylation sites (tertiary alicyclic amines) is 1. The van der Waals surface area contributed by atoms with Gasteiger partial charge in [-0.25, -0.2) is 4.98 Å². The van der Waals surface area contributed by atoms with Gasteiger partial charge in [-0.3, -0.25) is 4.79 Å². The third kappa shape index (κ3) is 4.24. The van der Waals surface area contributed by atoms with Crippen LogP contribution in [0.3, 0.4) is 0 Å². The Labute approximate surface area is 161 Å². The molecule has 1 aromatic heterocycles. The summed E-state index contributed by atoms with van der Waals surface area (Å²) in [5.74, 6) is 1.43. The summed E-state index contributed by atoms with van der Waals surface area (Å²) in [6.07, 6.45) is 6.55. The fourth-order valence-corrected chi connectivity index (χ4v) is 4.03. The molecule has 5 heteroatoms. The highest BCUT2D eigenvalue weighted by Gasteiger charge is 2.22. The van der Waals surface area contributed by atoms with Gasteiger partial charge < -0.3 is 15.1 Å². The molecular formula is C22H28N4O. The second-order valence-corrected chi connectivity index (χ2v) is 7.80. The summed E-state index contributed by atoms with van der Waals surface area (Å²) in [4.78, 5) is 21.5. The van der Waals surface area contributed by atoms with Gasteiger partial charge in [-0.15, -0.1) is 0 Å². The topological polar surface area (TPSA) is 48.5 Å². The molecule has 2 aromatic rings. The van der Waals surface area contributed by atoms with E-state index in [-0.39, 0.29) is 5.91 Å². The van der Waals surface area contributed by atoms with Crippen molar-refractivity contribution in [1.29, 1.82) is 0 Å². The number of hydrogen-bond donors (Lipinski definition) is 1. The molecular weight excluding hydrogens is 336 g/mol. The normalized spacial score (nSPS) is 20.0. The Balaban J connectivity index is 1.38. The van der Waals surface area contributed by atoms with Gasteiger partial charge in [-0.1, -0.05) is 6.92 Å². The average Bonchev–Trinajstić information content (AvgIpc) is 3.23. The monoisotopic (exact) mass is 364 g/mol. The Bertz CT molecular complexity index is 766. The molecule has 142 valence electrons. The molecule has 2 aliphatic rings. The maximum Gasteiger partial charge on any atom is 0.255 e. The predicted octanol–water partition coefficient (Wildman–Crippen LogP) is 4.30. The van der Waals surface area contributed by atoms with Crippen LogP contribution in [0.1, 0.15) is 43.0 Å². The molecule has 1 N–H and O–H groups in total. The molecule has 3 heterocycles. The van der Waals surface area contributed by atoms with Crippen LogP contribution in [-0.4, -0.2) is 42.0 Å². The molecule has 0 bridgehead atoms. The molecule has 0 radical (unpaired) electrons. The van der Waals surface area contributed by atoms with Crippen molar-refractivity contribution in [2.75, 3.05) is 36.4 Å². The minimum atomic E-state index is 0.0931. The van der Waals surface area contributed by atoms with Gasteiger partial charge in [0.15, 0.2) is 0 Å². The van der Waals surface area contributed by atoms with Crippen LogP contribution in [-0.2, 0) is 0 Å². The van der Waals surface area contributed by atoms with Gasteiger partial charge >= 0.3 is 0 Å². The van der Waals surface area contributed by atoms with Crippen LogP contribution in [0, 0.1) is 5.92 Å². The smallest absolute Gasteiger partial charge is 0.255 e. The second-order valence-electron chi connectivity index (χ2n) is 7.80. The molecule has 2 fully saturated rings. The third-order valence-corrected chi connectivity index (χ3v) is 5.57. The van der Waals surface area contributed by atoms with Crippen LogP contribution in [0.15, 0.2) is 42.6 Å². The van der Waals surface area contributed by atoms with E-state index in [0.29, 0.717) is 11.5 Å². The highest BCUT2D eigenvalue weighted by Crippen LogP contribution is 2.24. The van der Waals surface area contributed by atoms with Crippen molar-refractivity contribution in [3.05, 3.63) is 48.2 Å². The highest BCUT2D eigenvalue weighted by molar-refractivity contribution is 5.94. The van der Waals surface area contributed by atoms with Crippen LogP contribution < -0.4 is 10.2 Å². The van der Waals surface area contributed by atoms with Crippen molar-refractivity contribution in [2.24, 2.45) is 5.92 Å². The lowest BCUT2D eigenvalue weighted by Crippen LogP contribution is -2.39. The lowest BCUT2D eigenvalue weighted by Gasteiger charge is -2.30. The first kappa shape index (κ1) is 17.8. The van der Waals surface area contributed by atoms with E-state index in [1.165, 1.54) is 24.9 Å². The van der Waals surface area contributed by atoms with E-state index < -0.39 is 0 Å². The minimum absolute atomic E-state index is 0.0931. The summed E-state index contributed by atoms with van der Waals surface area (Å²) in [5, 5.41) is 3.32. The molecule has 1 amide bonds. The zero-order valence-corrected chi connectivity index (χ0v) is 16.0. The zero-order valence-electron chi connectivity index (χ0n) is 16.0. The first-order chi connectivity index (χ1) is 13.2. The number of anilines is 3. The Morgan fingerprint density at radius 1 is 1.04 bits per heavy atom. The number of carbonyl (C=O) groups is 1. The van der Waals surface area contributed by atoms with Gasteiger partial charge in [0.05, 0.1) is 5.56 Å². The Kier molecular flexibility index (Phi) is 5.28. The maximum absolute atomic E-state index is 12.6. The fourth-order valence-electron chi connectivity index (χ4n) is 4.03. The molecule has 2 saturated heterocycles. The third-order valence-electron chi connectivity index (χ3n) is 5.57. The van der Waals surface area contributed by atoms with Crippen LogP contribution >= 0.6 is 0 Å². The maximum atomic E-state index is 12.6. The van der Waals surface area contributed by atoms with E-state index in [4.69, 9.17) is 0 Å². The van der Waals surface area contributed by atoms with Gasteiger partial charge in [0.1, 0.15) is 5.82 Å². The molecule has 0 aliphatic carbocycles. The molecule has 27 heavy (non-hydrogen) atoms. The van der Waals surface area contributed by atoms with E-state index in [2.05, 4.69) is 46.4 Å². The predicted molar refractivity (Wildman–Crippen MR) is 110 cm³/mol. The first-order valence-corrected chi connectivity index (χ1v) is 10.1. The number of aromatic nitrogens is 1. The molecule has 5 nitrogen and oxygen atoms in total. The van der Waals surface area contributed by atoms with E-state index >= 15 is 0 Å². The SMILES string of the molecule is CC1CCCN(C(=O)c2ccc(Nc3ccc(N4CCCC4)cc3)nc2)C1. The second kappa shape index (κ2) is 7.99. The molecule has 0 saturated carbocycles. The van der Waals surface area contributed by atoms with E-state index in [9.17, 15) is 4.79 Å². The summed E-state index contributed by atoms with van der Waals surface area (Å²) >= 11 is 0. The number of amides is 1. The summed E-state index contributed by atoms with van der Waals surface area (Å²) in [5.41, 5.74) is 2.95. The number of piperidine rings is 1. The van der Waals surface area contributed by atoms with Crippen molar-refractivity contribution in [3.8, 4) is 0 Å². The Morgan fingerprint density at radius 2 is 1.81 bits per heavy atom. The number of benzene rings is 1. The van der Waals surface area contributed by atoms with Crippen molar-refractivity contribution in [1.82, 2.24) is 9.88 Å². The van der Waals surface area contributed by atoms with Gasteiger partial charge in [0.2, 0.25) is 0 Å². The minimum Gasteiger partial charge on any atom is -0.372 e. The summed E-state index contributed by atoms with van der Waals surface area (Å²) in [7, 11) is 0. The van der Waals surface area contributed by atoms with Crippen molar-refractivity contribution in [3.63, 3.8) is 0 Å². The fraction of sp³-hybridized carbons (Fsp3) is 0.455. The average molecular weight is 364 g/mol. The summed E-state index contributed by atoms with van der Waals surface area (Å²) in [6, 6.07) is 12.2. The van der Waals surface area contributed by atoms with Crippen LogP contribution in [0.5, 0.6) is 0 Å². The van der Waals surface area contributed by atoms with Crippen molar-refractivity contribution < 1.29 is 4.79 Å². The first-order valence-electron chi connectivity index (χ1n) is 10.1. The number of nitrogens with zero attached hydrogens (tertiary/aromatic N) is 3. The van der Waals surface area contributed by atoms with Gasteiger partial charge in [0, 0.05) is 43.8 Å². The van der Waals surface area contributed by atoms with Crippen molar-refractivity contribution >= 4 is 23.1 Å². The van der Waals surface area contributed by atoms with Gasteiger partial charge in [0.25, 0.3) is 5.91 Å². The number of nitrogens with one attached hydrogen (secondary N) is 1. The largest absolute Gasteiger partial charge is 0.372 e. The molecule has 2 aliphatic heterocycles. The van der Waals surface area contributed by atoms with Crippen LogP contribution in [0.4, 0.5) is 17.2 Å². The number of rotatable bonds is 4. The van der Waals surface area contributed by atoms with Crippen LogP contribution in [0.2, 0.25) is 0 Å². The quantitative estimate of drug-likeness (QED) is 0.879. The highest BCUT2D eigenvalue weighted by atomic mass is 16.2. The number of carbonyl (C=O) groups excluding carboxylic acids is 1. The van der Waals surface area contributed by atoms with E-state index in [0.717, 1.165) is 44.1 Å². The molecule has 1 atom stereocenters. The molecule has 0 spiro atoms. The molecule has 4 rings (SSSR count). The van der Waals surface area contributed by atoms with Crippen molar-refractivity contribution in [2.45, 2.75) is 32.6 Å². The van der Waals surface area contributed by atoms with E-state index in [1.807, 2.05) is 17.0 Å². The van der Waals surface area contributed by atoms with Gasteiger partial charge in [-0.05, 0) is 68.0 Å². The number of hydrogen-bond acceptors (Lipinski definition) is 4. The Morgan fingerprint density at radius 3 is 2.48 bits per heavy atom. The number of pyridine rings is 1. The molecule has 1 unspecified atom stereocenters. The Hall–Kier alpha value is -2.56. The van der Waals surface area contributed by atoms with Gasteiger partial charge in [-0.2, -0.15) is 0 Å². The summed E-state index contributed by atoms with van der Waals surface area (Å²) < 4.78 is 0. The van der Waals surface area contributed by atoms with E-state index in [1.54, 1.807) is 6.20 Å². The molecule has 1 aromatic carbocycles. The van der Waals surface area contributed by atoms with Crippen LogP contribution in [0.25, 0.3) is 0 Å². The summed E-state index contributed by atoms with van der Waals surface area (Å²) in [6.45, 7) is 6.22. The lowest BCUT2D eigenvalue weighted by atomic mass is 10.00. The zero-order chi connectivity index (χ0) is 18.6. The standard InChI is InChI=1S/C22H28N4O/c1-17-5-4-14-26(16-17)22(27)18-6-11-21(23-15-18)24-19-7-9-20(10-8-19)25-12-2-3-13-25/h6-11,15,17H,2-5,12-14,16H2,1H3,(H,23,24). The lowest BCUT2D eigenvalue weighted by molar-refractivity contribution is 0.0682.